The van der Waals surface area contributed by atoms with Crippen LogP contribution in [0.1, 0.15) is 65.2 Å². The minimum absolute atomic E-state index is 0.402. The molecule has 0 aliphatic heterocycles. The third-order valence-corrected chi connectivity index (χ3v) is 5.16. The molecule has 7 heteroatoms. The minimum Gasteiger partial charge on any atom is -0.357 e. The second kappa shape index (κ2) is 11.7. The number of nitrogens with one attached hydrogen (secondary N) is 3. The molecule has 1 fully saturated rings. The lowest BCUT2D eigenvalue weighted by atomic mass is 9.85. The zero-order valence-electron chi connectivity index (χ0n) is 15.6. The van der Waals surface area contributed by atoms with Crippen molar-refractivity contribution in [3.63, 3.8) is 0 Å². The Hall–Kier alpha value is -0.820. The fourth-order valence-corrected chi connectivity index (χ4v) is 3.63. The van der Waals surface area contributed by atoms with Crippen LogP contribution in [0.3, 0.4) is 0 Å². The molecule has 1 aliphatic carbocycles. The Morgan fingerprint density at radius 2 is 1.96 bits per heavy atom. The summed E-state index contributed by atoms with van der Waals surface area (Å²) < 4.78 is 24.5. The highest BCUT2D eigenvalue weighted by molar-refractivity contribution is 7.88. The van der Waals surface area contributed by atoms with Gasteiger partial charge in [-0.1, -0.05) is 32.1 Å². The van der Waals surface area contributed by atoms with Gasteiger partial charge in [0.2, 0.25) is 10.0 Å². The predicted octanol–water partition coefficient (Wildman–Crippen LogP) is 2.23. The summed E-state index contributed by atoms with van der Waals surface area (Å²) in [5, 5.41) is 6.72. The van der Waals surface area contributed by atoms with Crippen LogP contribution in [0, 0.1) is 5.92 Å². The number of sulfonamides is 1. The van der Waals surface area contributed by atoms with Crippen LogP contribution >= 0.6 is 0 Å². The molecule has 1 rings (SSSR count). The fourth-order valence-electron chi connectivity index (χ4n) is 3.11. The van der Waals surface area contributed by atoms with Crippen LogP contribution in [-0.4, -0.2) is 46.3 Å². The molecule has 142 valence electrons. The summed E-state index contributed by atoms with van der Waals surface area (Å²) in [7, 11) is -3.10. The van der Waals surface area contributed by atoms with Crippen molar-refractivity contribution < 1.29 is 8.42 Å². The Morgan fingerprint density at radius 1 is 1.25 bits per heavy atom. The van der Waals surface area contributed by atoms with Crippen molar-refractivity contribution >= 4 is 16.0 Å². The van der Waals surface area contributed by atoms with Gasteiger partial charge in [0, 0.05) is 25.7 Å². The van der Waals surface area contributed by atoms with Gasteiger partial charge in [0.1, 0.15) is 0 Å². The smallest absolute Gasteiger partial charge is 0.208 e. The molecule has 0 aromatic rings. The zero-order chi connectivity index (χ0) is 17.8. The molecule has 0 aromatic carbocycles. The molecule has 1 unspecified atom stereocenters. The van der Waals surface area contributed by atoms with Crippen LogP contribution in [0.25, 0.3) is 0 Å². The number of aliphatic imine (C=N–C) groups is 1. The molecule has 0 heterocycles. The van der Waals surface area contributed by atoms with Gasteiger partial charge in [-0.15, -0.1) is 0 Å². The molecule has 1 atom stereocenters. The van der Waals surface area contributed by atoms with Crippen molar-refractivity contribution in [2.75, 3.05) is 25.9 Å². The van der Waals surface area contributed by atoms with Crippen LogP contribution in [0.4, 0.5) is 0 Å². The molecule has 24 heavy (non-hydrogen) atoms. The number of nitrogens with zero attached hydrogens (tertiary/aromatic N) is 1. The molecule has 6 nitrogen and oxygen atoms in total. The van der Waals surface area contributed by atoms with Gasteiger partial charge in [0.15, 0.2) is 5.96 Å². The van der Waals surface area contributed by atoms with Gasteiger partial charge in [-0.25, -0.2) is 13.1 Å². The normalized spacial score (nSPS) is 18.4. The summed E-state index contributed by atoms with van der Waals surface area (Å²) in [6, 6.07) is 0.402. The summed E-state index contributed by atoms with van der Waals surface area (Å²) >= 11 is 0. The van der Waals surface area contributed by atoms with Gasteiger partial charge in [0.25, 0.3) is 0 Å². The van der Waals surface area contributed by atoms with Gasteiger partial charge < -0.3 is 10.6 Å². The Kier molecular flexibility index (Phi) is 10.3. The van der Waals surface area contributed by atoms with Crippen molar-refractivity contribution in [2.24, 2.45) is 10.9 Å². The minimum atomic E-state index is -3.10. The van der Waals surface area contributed by atoms with Crippen molar-refractivity contribution in [2.45, 2.75) is 71.3 Å². The van der Waals surface area contributed by atoms with Crippen molar-refractivity contribution in [1.29, 1.82) is 0 Å². The van der Waals surface area contributed by atoms with E-state index in [2.05, 4.69) is 34.2 Å². The van der Waals surface area contributed by atoms with E-state index in [1.165, 1.54) is 51.2 Å². The van der Waals surface area contributed by atoms with E-state index in [1.807, 2.05) is 0 Å². The number of guanidine groups is 1. The lowest BCUT2D eigenvalue weighted by Crippen LogP contribution is -2.42. The third kappa shape index (κ3) is 10.9. The van der Waals surface area contributed by atoms with E-state index in [0.29, 0.717) is 25.6 Å². The summed E-state index contributed by atoms with van der Waals surface area (Å²) in [5.41, 5.74) is 0. The Labute approximate surface area is 148 Å². The van der Waals surface area contributed by atoms with E-state index >= 15 is 0 Å². The molecule has 0 amide bonds. The average Bonchev–Trinajstić information content (AvgIpc) is 2.52. The molecule has 1 aliphatic rings. The number of hydrogen-bond donors (Lipinski definition) is 3. The highest BCUT2D eigenvalue weighted by atomic mass is 32.2. The zero-order valence-corrected chi connectivity index (χ0v) is 16.4. The van der Waals surface area contributed by atoms with Gasteiger partial charge in [-0.3, -0.25) is 4.99 Å². The molecule has 0 bridgehead atoms. The van der Waals surface area contributed by atoms with E-state index in [4.69, 9.17) is 0 Å². The van der Waals surface area contributed by atoms with Crippen molar-refractivity contribution in [1.82, 2.24) is 15.4 Å². The second-order valence-electron chi connectivity index (χ2n) is 6.91. The molecular formula is C17H36N4O2S. The molecule has 0 aromatic heterocycles. The maximum atomic E-state index is 11.0. The van der Waals surface area contributed by atoms with E-state index in [9.17, 15) is 8.42 Å². The molecule has 1 saturated carbocycles. The quantitative estimate of drug-likeness (QED) is 0.317. The van der Waals surface area contributed by atoms with Crippen LogP contribution in [0.5, 0.6) is 0 Å². The molecular weight excluding hydrogens is 324 g/mol. The molecule has 0 spiro atoms. The number of hydrogen-bond acceptors (Lipinski definition) is 3. The van der Waals surface area contributed by atoms with E-state index in [1.54, 1.807) is 0 Å². The van der Waals surface area contributed by atoms with Gasteiger partial charge in [-0.05, 0) is 39.0 Å². The summed E-state index contributed by atoms with van der Waals surface area (Å²) in [5.74, 6) is 1.73. The highest BCUT2D eigenvalue weighted by Gasteiger charge is 2.15. The first kappa shape index (κ1) is 21.2. The maximum absolute atomic E-state index is 11.0. The molecule has 3 N–H and O–H groups in total. The van der Waals surface area contributed by atoms with Crippen LogP contribution in [-0.2, 0) is 10.0 Å². The number of rotatable bonds is 10. The van der Waals surface area contributed by atoms with Crippen LogP contribution in [0.15, 0.2) is 4.99 Å². The fraction of sp³-hybridized carbons (Fsp3) is 0.941. The van der Waals surface area contributed by atoms with E-state index < -0.39 is 10.0 Å². The second-order valence-corrected chi connectivity index (χ2v) is 8.74. The van der Waals surface area contributed by atoms with E-state index in [-0.39, 0.29) is 0 Å². The first-order valence-corrected chi connectivity index (χ1v) is 11.3. The SMILES string of the molecule is CCNC(=NCCCNS(C)(=O)=O)NC(C)CCC1CCCCC1. The largest absolute Gasteiger partial charge is 0.357 e. The van der Waals surface area contributed by atoms with Crippen LogP contribution < -0.4 is 15.4 Å². The topological polar surface area (TPSA) is 82.6 Å². The van der Waals surface area contributed by atoms with E-state index in [0.717, 1.165) is 18.4 Å². The molecule has 0 radical (unpaired) electrons. The van der Waals surface area contributed by atoms with Crippen LogP contribution in [0.2, 0.25) is 0 Å². The predicted molar refractivity (Wildman–Crippen MR) is 102 cm³/mol. The lowest BCUT2D eigenvalue weighted by molar-refractivity contribution is 0.322. The Morgan fingerprint density at radius 3 is 2.58 bits per heavy atom. The van der Waals surface area contributed by atoms with Gasteiger partial charge in [-0.2, -0.15) is 0 Å². The molecule has 0 saturated heterocycles. The van der Waals surface area contributed by atoms with Gasteiger partial charge >= 0.3 is 0 Å². The lowest BCUT2D eigenvalue weighted by Gasteiger charge is -2.24. The monoisotopic (exact) mass is 360 g/mol. The highest BCUT2D eigenvalue weighted by Crippen LogP contribution is 2.27. The summed E-state index contributed by atoms with van der Waals surface area (Å²) in [6.07, 6.45) is 11.3. The Bertz CT molecular complexity index is 459. The first-order chi connectivity index (χ1) is 11.4. The first-order valence-electron chi connectivity index (χ1n) is 9.40. The Balaban J connectivity index is 2.27. The van der Waals surface area contributed by atoms with Crippen molar-refractivity contribution in [3.8, 4) is 0 Å². The average molecular weight is 361 g/mol. The standard InChI is InChI=1S/C17H36N4O2S/c1-4-18-17(19-13-8-14-20-24(3,22)23)21-15(2)11-12-16-9-6-5-7-10-16/h15-16,20H,4-14H2,1-3H3,(H2,18,19,21). The van der Waals surface area contributed by atoms with Crippen molar-refractivity contribution in [3.05, 3.63) is 0 Å². The summed E-state index contributed by atoms with van der Waals surface area (Å²) in [6.45, 7) is 6.12. The maximum Gasteiger partial charge on any atom is 0.208 e. The van der Waals surface area contributed by atoms with Gasteiger partial charge in [0.05, 0.1) is 6.26 Å². The summed E-state index contributed by atoms with van der Waals surface area (Å²) in [4.78, 5) is 4.53. The third-order valence-electron chi connectivity index (χ3n) is 4.43.